The zero-order valence-electron chi connectivity index (χ0n) is 13.7. The molecule has 0 saturated heterocycles. The zero-order chi connectivity index (χ0) is 17.5. The van der Waals surface area contributed by atoms with Crippen molar-refractivity contribution in [3.05, 3.63) is 70.3 Å². The molecule has 0 saturated carbocycles. The van der Waals surface area contributed by atoms with E-state index in [9.17, 15) is 10.1 Å². The molecule has 6 nitrogen and oxygen atoms in total. The van der Waals surface area contributed by atoms with Crippen LogP contribution in [-0.2, 0) is 0 Å². The average molecular weight is 345 g/mol. The summed E-state index contributed by atoms with van der Waals surface area (Å²) in [6, 6.07) is 16.4. The van der Waals surface area contributed by atoms with Crippen LogP contribution in [0.4, 0.5) is 11.4 Å². The van der Waals surface area contributed by atoms with E-state index in [2.05, 4.69) is 36.9 Å². The van der Waals surface area contributed by atoms with Crippen molar-refractivity contribution in [1.82, 2.24) is 5.32 Å². The highest BCUT2D eigenvalue weighted by molar-refractivity contribution is 7.80. The highest BCUT2D eigenvalue weighted by atomic mass is 32.1. The Morgan fingerprint density at radius 3 is 2.33 bits per heavy atom. The van der Waals surface area contributed by atoms with Crippen LogP contribution in [0.3, 0.4) is 0 Å². The normalized spacial score (nSPS) is 11.8. The quantitative estimate of drug-likeness (QED) is 0.423. The minimum Gasteiger partial charge on any atom is -0.350 e. The Kier molecular flexibility index (Phi) is 6.22. The summed E-state index contributed by atoms with van der Waals surface area (Å²) in [6.45, 7) is 0.867. The summed E-state index contributed by atoms with van der Waals surface area (Å²) in [5.74, 6) is 0. The van der Waals surface area contributed by atoms with Crippen molar-refractivity contribution < 1.29 is 9.82 Å². The third kappa shape index (κ3) is 5.29. The molecule has 0 radical (unpaired) electrons. The van der Waals surface area contributed by atoms with Gasteiger partial charge in [-0.05, 0) is 29.9 Å². The smallest absolute Gasteiger partial charge is 0.269 e. The van der Waals surface area contributed by atoms with Crippen LogP contribution < -0.4 is 15.5 Å². The van der Waals surface area contributed by atoms with Gasteiger partial charge in [0.25, 0.3) is 5.69 Å². The standard InChI is InChI=1S/C17H20N4O2S/c1-20(2)12-16(13-6-4-3-5-7-13)19-17(24)18-14-8-10-15(11-9-14)21(22)23/h3-11,16H,12H2,1-2H3,(H2,18,19,24)/p+1/t16-/m0/s1. The summed E-state index contributed by atoms with van der Waals surface area (Å²) in [6.07, 6.45) is 0. The van der Waals surface area contributed by atoms with E-state index in [4.69, 9.17) is 12.2 Å². The fourth-order valence-corrected chi connectivity index (χ4v) is 2.60. The van der Waals surface area contributed by atoms with Gasteiger partial charge in [0.15, 0.2) is 5.11 Å². The molecule has 0 fully saturated rings. The number of quaternary nitrogens is 1. The maximum absolute atomic E-state index is 10.7. The third-order valence-electron chi connectivity index (χ3n) is 3.46. The van der Waals surface area contributed by atoms with Gasteiger partial charge in [0.1, 0.15) is 12.6 Å². The number of non-ortho nitro benzene ring substituents is 1. The van der Waals surface area contributed by atoms with Crippen molar-refractivity contribution in [2.24, 2.45) is 0 Å². The van der Waals surface area contributed by atoms with Crippen molar-refractivity contribution in [1.29, 1.82) is 0 Å². The van der Waals surface area contributed by atoms with Crippen LogP contribution in [0, 0.1) is 10.1 Å². The van der Waals surface area contributed by atoms with Gasteiger partial charge in [-0.3, -0.25) is 10.1 Å². The van der Waals surface area contributed by atoms with E-state index in [-0.39, 0.29) is 11.7 Å². The number of likely N-dealkylation sites (N-methyl/N-ethyl adjacent to an activating group) is 1. The average Bonchev–Trinajstić information content (AvgIpc) is 2.55. The second-order valence-corrected chi connectivity index (χ2v) is 6.19. The molecule has 3 N–H and O–H groups in total. The van der Waals surface area contributed by atoms with Gasteiger partial charge in [-0.2, -0.15) is 0 Å². The number of hydrogen-bond donors (Lipinski definition) is 3. The first kappa shape index (κ1) is 17.8. The molecule has 126 valence electrons. The summed E-state index contributed by atoms with van der Waals surface area (Å²) >= 11 is 5.38. The molecule has 0 amide bonds. The number of anilines is 1. The zero-order valence-corrected chi connectivity index (χ0v) is 14.5. The Labute approximate surface area is 146 Å². The minimum absolute atomic E-state index is 0.0535. The third-order valence-corrected chi connectivity index (χ3v) is 3.68. The maximum atomic E-state index is 10.7. The van der Waals surface area contributed by atoms with E-state index in [1.807, 2.05) is 18.2 Å². The van der Waals surface area contributed by atoms with Gasteiger partial charge in [-0.15, -0.1) is 0 Å². The van der Waals surface area contributed by atoms with Gasteiger partial charge in [0.2, 0.25) is 0 Å². The maximum Gasteiger partial charge on any atom is 0.269 e. The Balaban J connectivity index is 2.03. The predicted molar refractivity (Wildman–Crippen MR) is 99.3 cm³/mol. The molecule has 2 rings (SSSR count). The molecule has 7 heteroatoms. The number of thiocarbonyl (C=S) groups is 1. The first-order valence-corrected chi connectivity index (χ1v) is 8.02. The van der Waals surface area contributed by atoms with E-state index in [1.54, 1.807) is 12.1 Å². The number of nitrogens with one attached hydrogen (secondary N) is 3. The van der Waals surface area contributed by atoms with Gasteiger partial charge in [0, 0.05) is 17.8 Å². The Morgan fingerprint density at radius 2 is 1.79 bits per heavy atom. The lowest BCUT2D eigenvalue weighted by molar-refractivity contribution is -0.860. The molecule has 0 bridgehead atoms. The van der Waals surface area contributed by atoms with Crippen molar-refractivity contribution >= 4 is 28.7 Å². The Hall–Kier alpha value is -2.51. The van der Waals surface area contributed by atoms with Crippen LogP contribution in [0.25, 0.3) is 0 Å². The molecule has 0 unspecified atom stereocenters. The lowest BCUT2D eigenvalue weighted by Gasteiger charge is -2.22. The lowest BCUT2D eigenvalue weighted by atomic mass is 10.1. The first-order valence-electron chi connectivity index (χ1n) is 7.61. The van der Waals surface area contributed by atoms with Crippen molar-refractivity contribution in [3.63, 3.8) is 0 Å². The van der Waals surface area contributed by atoms with Crippen LogP contribution >= 0.6 is 12.2 Å². The molecule has 2 aromatic rings. The lowest BCUT2D eigenvalue weighted by Crippen LogP contribution is -3.06. The molecule has 2 aromatic carbocycles. The second kappa shape index (κ2) is 8.37. The van der Waals surface area contributed by atoms with E-state index in [0.717, 1.165) is 12.1 Å². The molecular formula is C17H21N4O2S+. The number of hydrogen-bond acceptors (Lipinski definition) is 3. The number of nitrogens with zero attached hydrogens (tertiary/aromatic N) is 1. The number of benzene rings is 2. The molecule has 0 aromatic heterocycles. The minimum atomic E-state index is -0.425. The summed E-state index contributed by atoms with van der Waals surface area (Å²) in [7, 11) is 4.18. The first-order chi connectivity index (χ1) is 11.5. The topological polar surface area (TPSA) is 71.6 Å². The van der Waals surface area contributed by atoms with Crippen LogP contribution in [-0.4, -0.2) is 30.7 Å². The van der Waals surface area contributed by atoms with Gasteiger partial charge < -0.3 is 15.5 Å². The summed E-state index contributed by atoms with van der Waals surface area (Å²) in [5.41, 5.74) is 1.92. The van der Waals surface area contributed by atoms with Crippen molar-refractivity contribution in [2.45, 2.75) is 6.04 Å². The molecule has 0 aliphatic carbocycles. The SMILES string of the molecule is C[NH+](C)C[C@H](NC(=S)Nc1ccc([N+](=O)[O-])cc1)c1ccccc1. The number of nitro benzene ring substituents is 1. The monoisotopic (exact) mass is 345 g/mol. The highest BCUT2D eigenvalue weighted by Crippen LogP contribution is 2.16. The van der Waals surface area contributed by atoms with Gasteiger partial charge in [-0.1, -0.05) is 30.3 Å². The number of nitro groups is 1. The van der Waals surface area contributed by atoms with E-state index in [0.29, 0.717) is 10.8 Å². The van der Waals surface area contributed by atoms with E-state index < -0.39 is 4.92 Å². The Bertz CT molecular complexity index is 689. The van der Waals surface area contributed by atoms with Crippen LogP contribution in [0.15, 0.2) is 54.6 Å². The Morgan fingerprint density at radius 1 is 1.17 bits per heavy atom. The van der Waals surface area contributed by atoms with E-state index in [1.165, 1.54) is 17.0 Å². The van der Waals surface area contributed by atoms with Crippen LogP contribution in [0.5, 0.6) is 0 Å². The van der Waals surface area contributed by atoms with Crippen LogP contribution in [0.1, 0.15) is 11.6 Å². The second-order valence-electron chi connectivity index (χ2n) is 5.78. The van der Waals surface area contributed by atoms with Crippen molar-refractivity contribution in [3.8, 4) is 0 Å². The van der Waals surface area contributed by atoms with E-state index >= 15 is 0 Å². The van der Waals surface area contributed by atoms with Gasteiger partial charge in [-0.25, -0.2) is 0 Å². The van der Waals surface area contributed by atoms with Gasteiger partial charge in [0.05, 0.1) is 19.0 Å². The summed E-state index contributed by atoms with van der Waals surface area (Å²) < 4.78 is 0. The molecular weight excluding hydrogens is 324 g/mol. The summed E-state index contributed by atoms with van der Waals surface area (Å²) in [5, 5.41) is 17.6. The molecule has 1 atom stereocenters. The molecule has 0 heterocycles. The predicted octanol–water partition coefficient (Wildman–Crippen LogP) is 1.77. The number of rotatable bonds is 6. The molecule has 0 spiro atoms. The highest BCUT2D eigenvalue weighted by Gasteiger charge is 2.16. The largest absolute Gasteiger partial charge is 0.350 e. The van der Waals surface area contributed by atoms with Crippen molar-refractivity contribution in [2.75, 3.05) is 26.0 Å². The van der Waals surface area contributed by atoms with Gasteiger partial charge >= 0.3 is 0 Å². The molecule has 24 heavy (non-hydrogen) atoms. The van der Waals surface area contributed by atoms with Crippen LogP contribution in [0.2, 0.25) is 0 Å². The summed E-state index contributed by atoms with van der Waals surface area (Å²) in [4.78, 5) is 11.6. The molecule has 0 aliphatic heterocycles. The fourth-order valence-electron chi connectivity index (χ4n) is 2.34. The fraction of sp³-hybridized carbons (Fsp3) is 0.235. The molecule has 0 aliphatic rings.